The molecule has 0 fully saturated rings. The molecule has 7 nitrogen and oxygen atoms in total. The maximum atomic E-state index is 12.3. The average Bonchev–Trinajstić information content (AvgIpc) is 3.04. The predicted molar refractivity (Wildman–Crippen MR) is 98.4 cm³/mol. The second-order valence-electron chi connectivity index (χ2n) is 5.82. The van der Waals surface area contributed by atoms with Gasteiger partial charge in [0.05, 0.1) is 18.8 Å². The van der Waals surface area contributed by atoms with Crippen LogP contribution in [0.1, 0.15) is 24.4 Å². The minimum atomic E-state index is -0.644. The summed E-state index contributed by atoms with van der Waals surface area (Å²) in [5.41, 5.74) is 0.919. The third-order valence-corrected chi connectivity index (χ3v) is 4.91. The lowest BCUT2D eigenvalue weighted by Crippen LogP contribution is -2.35. The first-order valence-electron chi connectivity index (χ1n) is 8.49. The van der Waals surface area contributed by atoms with Crippen molar-refractivity contribution in [1.82, 2.24) is 9.88 Å². The molecule has 1 aliphatic heterocycles. The van der Waals surface area contributed by atoms with E-state index in [2.05, 4.69) is 10.3 Å². The Morgan fingerprint density at radius 3 is 2.85 bits per heavy atom. The van der Waals surface area contributed by atoms with E-state index in [1.165, 1.54) is 11.3 Å². The number of hydrogen-bond acceptors (Lipinski definition) is 6. The second kappa shape index (κ2) is 8.18. The smallest absolute Gasteiger partial charge is 0.410 e. The first-order chi connectivity index (χ1) is 12.6. The van der Waals surface area contributed by atoms with Gasteiger partial charge < -0.3 is 14.4 Å². The summed E-state index contributed by atoms with van der Waals surface area (Å²) in [4.78, 5) is 31.3. The number of benzene rings is 1. The van der Waals surface area contributed by atoms with Gasteiger partial charge in [0.1, 0.15) is 5.75 Å². The number of aromatic nitrogens is 1. The van der Waals surface area contributed by atoms with Crippen LogP contribution in [0.5, 0.6) is 5.75 Å². The van der Waals surface area contributed by atoms with E-state index in [9.17, 15) is 9.59 Å². The van der Waals surface area contributed by atoms with Crippen molar-refractivity contribution in [3.8, 4) is 5.75 Å². The lowest BCUT2D eigenvalue weighted by atomic mass is 10.2. The molecule has 26 heavy (non-hydrogen) atoms. The zero-order valence-electron chi connectivity index (χ0n) is 14.7. The van der Waals surface area contributed by atoms with Crippen LogP contribution >= 0.6 is 11.3 Å². The van der Waals surface area contributed by atoms with Gasteiger partial charge in [-0.3, -0.25) is 10.1 Å². The molecule has 1 aromatic carbocycles. The number of ether oxygens (including phenoxy) is 2. The number of anilines is 1. The van der Waals surface area contributed by atoms with Gasteiger partial charge in [-0.15, -0.1) is 0 Å². The number of thiazole rings is 1. The van der Waals surface area contributed by atoms with E-state index in [4.69, 9.17) is 9.47 Å². The fourth-order valence-corrected chi connectivity index (χ4v) is 3.61. The molecular weight excluding hydrogens is 354 g/mol. The van der Waals surface area contributed by atoms with Crippen LogP contribution in [0, 0.1) is 0 Å². The number of rotatable bonds is 5. The van der Waals surface area contributed by atoms with E-state index >= 15 is 0 Å². The Balaban J connectivity index is 1.59. The summed E-state index contributed by atoms with van der Waals surface area (Å²) in [5, 5.41) is 3.32. The third kappa shape index (κ3) is 4.32. The predicted octanol–water partition coefficient (Wildman–Crippen LogP) is 3.06. The van der Waals surface area contributed by atoms with Crippen molar-refractivity contribution in [2.24, 2.45) is 0 Å². The van der Waals surface area contributed by atoms with Crippen molar-refractivity contribution in [3.05, 3.63) is 40.9 Å². The number of amides is 2. The third-order valence-electron chi connectivity index (χ3n) is 3.91. The highest BCUT2D eigenvalue weighted by Gasteiger charge is 2.26. The lowest BCUT2D eigenvalue weighted by molar-refractivity contribution is -0.122. The average molecular weight is 375 g/mol. The summed E-state index contributed by atoms with van der Waals surface area (Å²) in [6.45, 7) is 4.85. The topological polar surface area (TPSA) is 80.8 Å². The number of carbonyl (C=O) groups excluding carboxylic acids is 2. The summed E-state index contributed by atoms with van der Waals surface area (Å²) in [6, 6.07) is 9.19. The zero-order chi connectivity index (χ0) is 18.5. The molecule has 0 radical (unpaired) electrons. The summed E-state index contributed by atoms with van der Waals surface area (Å²) < 4.78 is 10.7. The normalized spacial score (nSPS) is 14.3. The van der Waals surface area contributed by atoms with Crippen LogP contribution in [0.15, 0.2) is 30.3 Å². The molecule has 138 valence electrons. The van der Waals surface area contributed by atoms with Gasteiger partial charge in [-0.25, -0.2) is 9.78 Å². The maximum absolute atomic E-state index is 12.3. The summed E-state index contributed by atoms with van der Waals surface area (Å²) in [7, 11) is 0. The van der Waals surface area contributed by atoms with Crippen molar-refractivity contribution in [3.63, 3.8) is 0 Å². The van der Waals surface area contributed by atoms with Crippen LogP contribution in [0.25, 0.3) is 0 Å². The first kappa shape index (κ1) is 18.2. The van der Waals surface area contributed by atoms with Gasteiger partial charge in [0.15, 0.2) is 11.2 Å². The van der Waals surface area contributed by atoms with Gasteiger partial charge in [0, 0.05) is 17.8 Å². The summed E-state index contributed by atoms with van der Waals surface area (Å²) in [5.74, 6) is 0.376. The summed E-state index contributed by atoms with van der Waals surface area (Å²) in [6.07, 6.45) is -0.312. The second-order valence-corrected chi connectivity index (χ2v) is 6.91. The number of nitrogens with one attached hydrogen (secondary N) is 1. The maximum Gasteiger partial charge on any atom is 0.410 e. The Hall–Kier alpha value is -2.61. The largest absolute Gasteiger partial charge is 0.481 e. The van der Waals surface area contributed by atoms with Gasteiger partial charge in [0.25, 0.3) is 5.91 Å². The molecule has 0 bridgehead atoms. The van der Waals surface area contributed by atoms with Crippen LogP contribution in [-0.2, 0) is 22.5 Å². The molecule has 2 aromatic rings. The van der Waals surface area contributed by atoms with Gasteiger partial charge in [0.2, 0.25) is 0 Å². The molecule has 8 heteroatoms. The van der Waals surface area contributed by atoms with Gasteiger partial charge in [-0.2, -0.15) is 0 Å². The number of fused-ring (bicyclic) bond motifs is 1. The van der Waals surface area contributed by atoms with E-state index in [-0.39, 0.29) is 12.0 Å². The number of carbonyl (C=O) groups is 2. The molecule has 2 heterocycles. The van der Waals surface area contributed by atoms with Gasteiger partial charge >= 0.3 is 6.09 Å². The molecule has 2 amide bonds. The molecular formula is C18H21N3O4S. The van der Waals surface area contributed by atoms with E-state index < -0.39 is 6.10 Å². The molecule has 0 aliphatic carbocycles. The number of para-hydroxylation sites is 1. The number of hydrogen-bond donors (Lipinski definition) is 1. The number of nitrogens with zero attached hydrogens (tertiary/aromatic N) is 2. The van der Waals surface area contributed by atoms with Crippen molar-refractivity contribution < 1.29 is 19.1 Å². The Labute approximate surface area is 155 Å². The molecule has 0 saturated heterocycles. The van der Waals surface area contributed by atoms with Gasteiger partial charge in [-0.1, -0.05) is 29.5 Å². The molecule has 3 rings (SSSR count). The Kier molecular flexibility index (Phi) is 5.72. The Morgan fingerprint density at radius 2 is 2.12 bits per heavy atom. The van der Waals surface area contributed by atoms with E-state index in [0.29, 0.717) is 37.0 Å². The molecule has 1 unspecified atom stereocenters. The van der Waals surface area contributed by atoms with Crippen molar-refractivity contribution in [2.45, 2.75) is 32.9 Å². The van der Waals surface area contributed by atoms with Crippen LogP contribution in [0.3, 0.4) is 0 Å². The quantitative estimate of drug-likeness (QED) is 0.869. The van der Waals surface area contributed by atoms with Crippen LogP contribution in [0.2, 0.25) is 0 Å². The van der Waals surface area contributed by atoms with Crippen LogP contribution in [-0.4, -0.2) is 41.1 Å². The lowest BCUT2D eigenvalue weighted by Gasteiger charge is -2.24. The molecule has 1 aromatic heterocycles. The summed E-state index contributed by atoms with van der Waals surface area (Å²) >= 11 is 1.38. The van der Waals surface area contributed by atoms with E-state index in [1.807, 2.05) is 18.2 Å². The van der Waals surface area contributed by atoms with E-state index in [1.54, 1.807) is 30.9 Å². The van der Waals surface area contributed by atoms with E-state index in [0.717, 1.165) is 10.6 Å². The van der Waals surface area contributed by atoms with Crippen molar-refractivity contribution >= 4 is 28.5 Å². The van der Waals surface area contributed by atoms with Crippen LogP contribution < -0.4 is 10.1 Å². The fraction of sp³-hybridized carbons (Fsp3) is 0.389. The SMILES string of the molecule is CCOC(=O)N1CCc2nc(NC(=O)C(C)Oc3ccccc3)sc2C1. The molecule has 1 N–H and O–H groups in total. The molecule has 1 aliphatic rings. The van der Waals surface area contributed by atoms with Gasteiger partial charge in [-0.05, 0) is 26.0 Å². The molecule has 1 atom stereocenters. The highest BCUT2D eigenvalue weighted by Crippen LogP contribution is 2.28. The Morgan fingerprint density at radius 1 is 1.35 bits per heavy atom. The molecule has 0 saturated carbocycles. The minimum absolute atomic E-state index is 0.262. The highest BCUT2D eigenvalue weighted by atomic mass is 32.1. The fourth-order valence-electron chi connectivity index (χ4n) is 2.58. The highest BCUT2D eigenvalue weighted by molar-refractivity contribution is 7.15. The zero-order valence-corrected chi connectivity index (χ0v) is 15.5. The Bertz CT molecular complexity index is 778. The van der Waals surface area contributed by atoms with Crippen LogP contribution in [0.4, 0.5) is 9.93 Å². The standard InChI is InChI=1S/C18H21N3O4S/c1-3-24-18(23)21-10-9-14-15(11-21)26-17(19-14)20-16(22)12(2)25-13-7-5-4-6-8-13/h4-8,12H,3,9-11H2,1-2H3,(H,19,20,22). The van der Waals surface area contributed by atoms with Crippen molar-refractivity contribution in [2.75, 3.05) is 18.5 Å². The monoisotopic (exact) mass is 375 g/mol. The molecule has 0 spiro atoms. The van der Waals surface area contributed by atoms with Crippen molar-refractivity contribution in [1.29, 1.82) is 0 Å². The minimum Gasteiger partial charge on any atom is -0.481 e. The first-order valence-corrected chi connectivity index (χ1v) is 9.31.